The largest absolute Gasteiger partial charge is 0.507 e. The molecule has 0 saturated carbocycles. The second kappa shape index (κ2) is 10.0. The molecule has 3 aromatic rings. The van der Waals surface area contributed by atoms with Crippen LogP contribution in [0.2, 0.25) is 0 Å². The summed E-state index contributed by atoms with van der Waals surface area (Å²) < 4.78 is 24.8. The van der Waals surface area contributed by atoms with Gasteiger partial charge in [0.05, 0.1) is 25.3 Å². The number of hydrogen-bond acceptors (Lipinski definition) is 5. The minimum atomic E-state index is -0.978. The van der Waals surface area contributed by atoms with Crippen LogP contribution in [0.25, 0.3) is 5.76 Å². The molecule has 1 aliphatic rings. The SMILES string of the molecule is COc1ccccc1C1/C(=C(/O)c2ccc(OCC(C)C)cc2)C(=O)C(=O)N1c1ccc(F)cc1. The Morgan fingerprint density at radius 1 is 1.00 bits per heavy atom. The first-order valence-corrected chi connectivity index (χ1v) is 11.2. The van der Waals surface area contributed by atoms with Gasteiger partial charge < -0.3 is 14.6 Å². The first kappa shape index (κ1) is 24.0. The summed E-state index contributed by atoms with van der Waals surface area (Å²) in [5.74, 6) is -1.04. The van der Waals surface area contributed by atoms with Crippen LogP contribution in [0.1, 0.15) is 31.0 Å². The minimum Gasteiger partial charge on any atom is -0.507 e. The van der Waals surface area contributed by atoms with E-state index in [-0.39, 0.29) is 11.3 Å². The summed E-state index contributed by atoms with van der Waals surface area (Å²) in [5, 5.41) is 11.3. The number of carbonyl (C=O) groups excluding carboxylic acids is 2. The maximum Gasteiger partial charge on any atom is 0.300 e. The van der Waals surface area contributed by atoms with Crippen LogP contribution >= 0.6 is 0 Å². The van der Waals surface area contributed by atoms with Gasteiger partial charge in [0.15, 0.2) is 0 Å². The van der Waals surface area contributed by atoms with E-state index in [9.17, 15) is 19.1 Å². The number of para-hydroxylation sites is 1. The molecule has 3 aromatic carbocycles. The third-order valence-corrected chi connectivity index (χ3v) is 5.69. The van der Waals surface area contributed by atoms with E-state index in [4.69, 9.17) is 9.47 Å². The van der Waals surface area contributed by atoms with Crippen LogP contribution in [-0.2, 0) is 9.59 Å². The predicted octanol–water partition coefficient (Wildman–Crippen LogP) is 5.50. The van der Waals surface area contributed by atoms with Crippen LogP contribution in [0.5, 0.6) is 11.5 Å². The number of amides is 1. The molecule has 1 saturated heterocycles. The van der Waals surface area contributed by atoms with Crippen molar-refractivity contribution in [3.8, 4) is 11.5 Å². The Hall–Kier alpha value is -4.13. The number of Topliss-reactive ketones (excluding diaryl/α,β-unsaturated/α-hetero) is 1. The number of anilines is 1. The van der Waals surface area contributed by atoms with Crippen molar-refractivity contribution in [2.24, 2.45) is 5.92 Å². The van der Waals surface area contributed by atoms with Gasteiger partial charge in [0.1, 0.15) is 23.1 Å². The van der Waals surface area contributed by atoms with Crippen molar-refractivity contribution < 1.29 is 28.6 Å². The third-order valence-electron chi connectivity index (χ3n) is 5.69. The molecule has 1 fully saturated rings. The monoisotopic (exact) mass is 475 g/mol. The maximum atomic E-state index is 13.6. The average molecular weight is 476 g/mol. The fourth-order valence-electron chi connectivity index (χ4n) is 4.01. The van der Waals surface area contributed by atoms with Crippen LogP contribution in [0.3, 0.4) is 0 Å². The first-order chi connectivity index (χ1) is 16.8. The fourth-order valence-corrected chi connectivity index (χ4v) is 4.01. The van der Waals surface area contributed by atoms with E-state index in [1.807, 2.05) is 13.8 Å². The van der Waals surface area contributed by atoms with Gasteiger partial charge in [-0.15, -0.1) is 0 Å². The molecular weight excluding hydrogens is 449 g/mol. The van der Waals surface area contributed by atoms with Crippen molar-refractivity contribution in [1.82, 2.24) is 0 Å². The number of ketones is 1. The van der Waals surface area contributed by atoms with E-state index in [0.717, 1.165) is 0 Å². The van der Waals surface area contributed by atoms with Crippen LogP contribution in [0.4, 0.5) is 10.1 Å². The van der Waals surface area contributed by atoms with Crippen molar-refractivity contribution in [2.45, 2.75) is 19.9 Å². The van der Waals surface area contributed by atoms with E-state index < -0.39 is 23.5 Å². The molecule has 1 atom stereocenters. The zero-order valence-corrected chi connectivity index (χ0v) is 19.7. The second-order valence-corrected chi connectivity index (χ2v) is 8.62. The molecular formula is C28H26FNO5. The lowest BCUT2D eigenvalue weighted by molar-refractivity contribution is -0.132. The van der Waals surface area contributed by atoms with Crippen molar-refractivity contribution in [2.75, 3.05) is 18.6 Å². The van der Waals surface area contributed by atoms with Crippen LogP contribution in [0.15, 0.2) is 78.4 Å². The van der Waals surface area contributed by atoms with Gasteiger partial charge in [0.2, 0.25) is 0 Å². The number of carbonyl (C=O) groups is 2. The van der Waals surface area contributed by atoms with Crippen LogP contribution in [0, 0.1) is 11.7 Å². The molecule has 1 aliphatic heterocycles. The molecule has 4 rings (SSSR count). The van der Waals surface area contributed by atoms with Crippen molar-refractivity contribution >= 4 is 23.1 Å². The van der Waals surface area contributed by atoms with E-state index in [2.05, 4.69) is 0 Å². The topological polar surface area (TPSA) is 76.1 Å². The lowest BCUT2D eigenvalue weighted by Crippen LogP contribution is -2.29. The highest BCUT2D eigenvalue weighted by Crippen LogP contribution is 2.44. The minimum absolute atomic E-state index is 0.0836. The van der Waals surface area contributed by atoms with Gasteiger partial charge in [0.25, 0.3) is 11.7 Å². The molecule has 0 aliphatic carbocycles. The van der Waals surface area contributed by atoms with Gasteiger partial charge in [-0.05, 0) is 60.5 Å². The Balaban J connectivity index is 1.85. The molecule has 1 unspecified atom stereocenters. The molecule has 7 heteroatoms. The zero-order valence-electron chi connectivity index (χ0n) is 19.7. The highest BCUT2D eigenvalue weighted by molar-refractivity contribution is 6.51. The molecule has 1 heterocycles. The average Bonchev–Trinajstić information content (AvgIpc) is 3.13. The lowest BCUT2D eigenvalue weighted by Gasteiger charge is -2.26. The number of rotatable bonds is 7. The summed E-state index contributed by atoms with van der Waals surface area (Å²) in [6.07, 6.45) is 0. The number of halogens is 1. The van der Waals surface area contributed by atoms with Gasteiger partial charge in [0, 0.05) is 16.8 Å². The highest BCUT2D eigenvalue weighted by atomic mass is 19.1. The van der Waals surface area contributed by atoms with Gasteiger partial charge >= 0.3 is 0 Å². The Morgan fingerprint density at radius 3 is 2.29 bits per heavy atom. The number of benzene rings is 3. The summed E-state index contributed by atoms with van der Waals surface area (Å²) in [4.78, 5) is 27.7. The van der Waals surface area contributed by atoms with Gasteiger partial charge in [-0.3, -0.25) is 14.5 Å². The molecule has 1 N–H and O–H groups in total. The maximum absolute atomic E-state index is 13.6. The van der Waals surface area contributed by atoms with E-state index in [1.165, 1.54) is 36.3 Å². The smallest absolute Gasteiger partial charge is 0.300 e. The predicted molar refractivity (Wildman–Crippen MR) is 131 cm³/mol. The third kappa shape index (κ3) is 4.75. The summed E-state index contributed by atoms with van der Waals surface area (Å²) in [5.41, 5.74) is 1.11. The molecule has 0 aromatic heterocycles. The molecule has 35 heavy (non-hydrogen) atoms. The van der Waals surface area contributed by atoms with E-state index in [1.54, 1.807) is 48.5 Å². The number of aliphatic hydroxyl groups excluding tert-OH is 1. The van der Waals surface area contributed by atoms with Gasteiger partial charge in [-0.2, -0.15) is 0 Å². The van der Waals surface area contributed by atoms with Crippen LogP contribution in [-0.4, -0.2) is 30.5 Å². The van der Waals surface area contributed by atoms with Crippen molar-refractivity contribution in [1.29, 1.82) is 0 Å². The highest BCUT2D eigenvalue weighted by Gasteiger charge is 2.47. The van der Waals surface area contributed by atoms with Gasteiger partial charge in [-0.25, -0.2) is 4.39 Å². The standard InChI is InChI=1S/C28H26FNO5/c1-17(2)16-35-21-14-8-18(9-15-21)26(31)24-25(22-6-4-5-7-23(22)34-3)30(28(33)27(24)32)20-12-10-19(29)11-13-20/h4-15,17,25,31H,16H2,1-3H3/b26-24-. The summed E-state index contributed by atoms with van der Waals surface area (Å²) in [6, 6.07) is 17.9. The van der Waals surface area contributed by atoms with Crippen LogP contribution < -0.4 is 14.4 Å². The number of ether oxygens (including phenoxy) is 2. The molecule has 0 bridgehead atoms. The summed E-state index contributed by atoms with van der Waals surface area (Å²) in [7, 11) is 1.48. The van der Waals surface area contributed by atoms with E-state index in [0.29, 0.717) is 40.8 Å². The normalized spacial score (nSPS) is 17.2. The molecule has 180 valence electrons. The Morgan fingerprint density at radius 2 is 1.66 bits per heavy atom. The quantitative estimate of drug-likeness (QED) is 0.278. The summed E-state index contributed by atoms with van der Waals surface area (Å²) >= 11 is 0. The molecule has 1 amide bonds. The Bertz CT molecular complexity index is 1270. The molecule has 0 spiro atoms. The van der Waals surface area contributed by atoms with Crippen molar-refractivity contribution in [3.05, 3.63) is 95.3 Å². The number of hydrogen-bond donors (Lipinski definition) is 1. The first-order valence-electron chi connectivity index (χ1n) is 11.2. The number of methoxy groups -OCH3 is 1. The lowest BCUT2D eigenvalue weighted by atomic mass is 9.94. The number of nitrogens with zero attached hydrogens (tertiary/aromatic N) is 1. The number of aliphatic hydroxyl groups is 1. The Labute approximate surface area is 203 Å². The summed E-state index contributed by atoms with van der Waals surface area (Å²) in [6.45, 7) is 4.62. The molecule has 6 nitrogen and oxygen atoms in total. The Kier molecular flexibility index (Phi) is 6.87. The van der Waals surface area contributed by atoms with E-state index >= 15 is 0 Å². The fraction of sp³-hybridized carbons (Fsp3) is 0.214. The second-order valence-electron chi connectivity index (χ2n) is 8.62. The van der Waals surface area contributed by atoms with Crippen molar-refractivity contribution in [3.63, 3.8) is 0 Å². The molecule has 0 radical (unpaired) electrons. The zero-order chi connectivity index (χ0) is 25.1. The van der Waals surface area contributed by atoms with Gasteiger partial charge in [-0.1, -0.05) is 32.0 Å².